The van der Waals surface area contributed by atoms with E-state index in [4.69, 9.17) is 5.26 Å². The van der Waals surface area contributed by atoms with Gasteiger partial charge in [0.1, 0.15) is 11.9 Å². The molecule has 8 heteroatoms. The lowest BCUT2D eigenvalue weighted by atomic mass is 9.98. The minimum atomic E-state index is -0.566. The van der Waals surface area contributed by atoms with Crippen LogP contribution >= 0.6 is 0 Å². The third-order valence-corrected chi connectivity index (χ3v) is 6.70. The average molecular weight is 497 g/mol. The van der Waals surface area contributed by atoms with Gasteiger partial charge in [-0.2, -0.15) is 5.26 Å². The van der Waals surface area contributed by atoms with Gasteiger partial charge in [0, 0.05) is 26.2 Å². The Hall–Kier alpha value is -4.22. The van der Waals surface area contributed by atoms with Crippen LogP contribution in [0.2, 0.25) is 0 Å². The smallest absolute Gasteiger partial charge is 0.247 e. The van der Waals surface area contributed by atoms with Gasteiger partial charge in [-0.25, -0.2) is 4.98 Å². The molecule has 1 aliphatic heterocycles. The fourth-order valence-corrected chi connectivity index (χ4v) is 4.41. The molecule has 0 aliphatic carbocycles. The van der Waals surface area contributed by atoms with Crippen molar-refractivity contribution < 1.29 is 9.59 Å². The first-order valence-electron chi connectivity index (χ1n) is 12.6. The second kappa shape index (κ2) is 12.2. The van der Waals surface area contributed by atoms with Gasteiger partial charge in [0.05, 0.1) is 30.1 Å². The van der Waals surface area contributed by atoms with E-state index in [1.807, 2.05) is 77.4 Å². The Labute approximate surface area is 217 Å². The van der Waals surface area contributed by atoms with Crippen LogP contribution in [0.5, 0.6) is 0 Å². The SMILES string of the molecule is CCN1CCN(c2ccc(NC(=O)[C@H](NC[C@H](C)c3ccc(C#N)cc3)c3ccccc3)nc2)CC1=O. The Morgan fingerprint density at radius 1 is 1.05 bits per heavy atom. The standard InChI is InChI=1S/C29H32N6O2/c1-3-34-15-16-35(20-27(34)36)25-13-14-26(31-19-25)33-29(37)28(24-7-5-4-6-8-24)32-18-21(2)23-11-9-22(17-30)10-12-23/h4-14,19,21,28,32H,3,15-16,18,20H2,1-2H3,(H,31,33,37)/t21-,28+/m0/s1. The lowest BCUT2D eigenvalue weighted by molar-refractivity contribution is -0.130. The Bertz CT molecular complexity index is 1240. The molecule has 0 unspecified atom stereocenters. The van der Waals surface area contributed by atoms with Crippen LogP contribution in [0.15, 0.2) is 72.9 Å². The number of hydrogen-bond acceptors (Lipinski definition) is 6. The van der Waals surface area contributed by atoms with Gasteiger partial charge in [-0.1, -0.05) is 49.4 Å². The molecule has 2 aromatic carbocycles. The van der Waals surface area contributed by atoms with Crippen molar-refractivity contribution in [1.82, 2.24) is 15.2 Å². The van der Waals surface area contributed by atoms with Gasteiger partial charge in [0.2, 0.25) is 11.8 Å². The molecule has 1 saturated heterocycles. The van der Waals surface area contributed by atoms with Crippen LogP contribution in [0.3, 0.4) is 0 Å². The van der Waals surface area contributed by atoms with Crippen LogP contribution in [0.25, 0.3) is 0 Å². The Morgan fingerprint density at radius 2 is 1.81 bits per heavy atom. The lowest BCUT2D eigenvalue weighted by Crippen LogP contribution is -2.50. The summed E-state index contributed by atoms with van der Waals surface area (Å²) in [5.41, 5.74) is 3.43. The summed E-state index contributed by atoms with van der Waals surface area (Å²) in [4.78, 5) is 33.9. The van der Waals surface area contributed by atoms with Crippen LogP contribution in [0, 0.1) is 11.3 Å². The Morgan fingerprint density at radius 3 is 2.43 bits per heavy atom. The number of anilines is 2. The number of aromatic nitrogens is 1. The summed E-state index contributed by atoms with van der Waals surface area (Å²) in [6.45, 7) is 7.14. The molecule has 1 aromatic heterocycles. The molecular formula is C29H32N6O2. The molecule has 2 atom stereocenters. The van der Waals surface area contributed by atoms with E-state index in [2.05, 4.69) is 28.6 Å². The Balaban J connectivity index is 1.41. The highest BCUT2D eigenvalue weighted by Crippen LogP contribution is 2.21. The van der Waals surface area contributed by atoms with E-state index in [0.29, 0.717) is 31.0 Å². The van der Waals surface area contributed by atoms with Gasteiger partial charge in [0.15, 0.2) is 0 Å². The van der Waals surface area contributed by atoms with Gasteiger partial charge in [-0.15, -0.1) is 0 Å². The number of likely N-dealkylation sites (N-methyl/N-ethyl adjacent to an activating group) is 1. The highest BCUT2D eigenvalue weighted by molar-refractivity contribution is 5.95. The van der Waals surface area contributed by atoms with Crippen molar-refractivity contribution in [2.45, 2.75) is 25.8 Å². The number of piperazine rings is 1. The Kier molecular flexibility index (Phi) is 8.49. The molecule has 0 radical (unpaired) electrons. The maximum absolute atomic E-state index is 13.3. The summed E-state index contributed by atoms with van der Waals surface area (Å²) in [5.74, 6) is 0.499. The second-order valence-corrected chi connectivity index (χ2v) is 9.17. The summed E-state index contributed by atoms with van der Waals surface area (Å²) in [7, 11) is 0. The van der Waals surface area contributed by atoms with E-state index < -0.39 is 6.04 Å². The highest BCUT2D eigenvalue weighted by atomic mass is 16.2. The minimum Gasteiger partial charge on any atom is -0.359 e. The van der Waals surface area contributed by atoms with Crippen molar-refractivity contribution in [1.29, 1.82) is 5.26 Å². The van der Waals surface area contributed by atoms with E-state index in [0.717, 1.165) is 29.9 Å². The molecule has 0 saturated carbocycles. The van der Waals surface area contributed by atoms with Crippen LogP contribution in [-0.4, -0.2) is 54.4 Å². The summed E-state index contributed by atoms with van der Waals surface area (Å²) < 4.78 is 0. The van der Waals surface area contributed by atoms with Gasteiger partial charge in [-0.05, 0) is 48.2 Å². The monoisotopic (exact) mass is 496 g/mol. The van der Waals surface area contributed by atoms with Gasteiger partial charge in [-0.3, -0.25) is 9.59 Å². The van der Waals surface area contributed by atoms with E-state index in [9.17, 15) is 9.59 Å². The number of benzene rings is 2. The number of nitrogens with one attached hydrogen (secondary N) is 2. The normalized spacial score (nSPS) is 15.1. The number of hydrogen-bond donors (Lipinski definition) is 2. The number of amides is 2. The van der Waals surface area contributed by atoms with E-state index in [1.165, 1.54) is 0 Å². The maximum Gasteiger partial charge on any atom is 0.247 e. The van der Waals surface area contributed by atoms with Crippen LogP contribution in [-0.2, 0) is 9.59 Å². The molecule has 2 heterocycles. The molecule has 0 bridgehead atoms. The molecule has 190 valence electrons. The molecule has 37 heavy (non-hydrogen) atoms. The first kappa shape index (κ1) is 25.9. The van der Waals surface area contributed by atoms with E-state index >= 15 is 0 Å². The van der Waals surface area contributed by atoms with Gasteiger partial charge < -0.3 is 20.4 Å². The van der Waals surface area contributed by atoms with Crippen molar-refractivity contribution >= 4 is 23.3 Å². The zero-order valence-electron chi connectivity index (χ0n) is 21.2. The second-order valence-electron chi connectivity index (χ2n) is 9.17. The van der Waals surface area contributed by atoms with E-state index in [1.54, 1.807) is 12.3 Å². The van der Waals surface area contributed by atoms with Crippen LogP contribution < -0.4 is 15.5 Å². The number of rotatable bonds is 9. The predicted molar refractivity (Wildman–Crippen MR) is 144 cm³/mol. The number of nitriles is 1. The molecular weight excluding hydrogens is 464 g/mol. The highest BCUT2D eigenvalue weighted by Gasteiger charge is 2.24. The topological polar surface area (TPSA) is 101 Å². The first-order valence-corrected chi connectivity index (χ1v) is 12.6. The van der Waals surface area contributed by atoms with Crippen LogP contribution in [0.4, 0.5) is 11.5 Å². The van der Waals surface area contributed by atoms with Crippen LogP contribution in [0.1, 0.15) is 42.5 Å². The number of carbonyl (C=O) groups is 2. The van der Waals surface area contributed by atoms with Crippen molar-refractivity contribution in [3.8, 4) is 6.07 Å². The number of nitrogens with zero attached hydrogens (tertiary/aromatic N) is 4. The van der Waals surface area contributed by atoms with Crippen molar-refractivity contribution in [2.24, 2.45) is 0 Å². The molecule has 2 amide bonds. The summed E-state index contributed by atoms with van der Waals surface area (Å²) >= 11 is 0. The van der Waals surface area contributed by atoms with Crippen molar-refractivity contribution in [3.05, 3.63) is 89.6 Å². The van der Waals surface area contributed by atoms with Crippen molar-refractivity contribution in [2.75, 3.05) is 42.9 Å². The predicted octanol–water partition coefficient (Wildman–Crippen LogP) is 3.69. The third kappa shape index (κ3) is 6.51. The fourth-order valence-electron chi connectivity index (χ4n) is 4.41. The van der Waals surface area contributed by atoms with E-state index in [-0.39, 0.29) is 17.7 Å². The molecule has 2 N–H and O–H groups in total. The quantitative estimate of drug-likeness (QED) is 0.469. The van der Waals surface area contributed by atoms with Crippen molar-refractivity contribution in [3.63, 3.8) is 0 Å². The van der Waals surface area contributed by atoms with Gasteiger partial charge in [0.25, 0.3) is 0 Å². The largest absolute Gasteiger partial charge is 0.359 e. The fraction of sp³-hybridized carbons (Fsp3) is 0.310. The molecule has 1 aliphatic rings. The summed E-state index contributed by atoms with van der Waals surface area (Å²) in [5, 5.41) is 15.4. The molecule has 1 fully saturated rings. The zero-order valence-corrected chi connectivity index (χ0v) is 21.2. The zero-order chi connectivity index (χ0) is 26.2. The number of carbonyl (C=O) groups excluding carboxylic acids is 2. The average Bonchev–Trinajstić information content (AvgIpc) is 2.94. The first-order chi connectivity index (χ1) is 18.0. The molecule has 4 rings (SSSR count). The molecule has 8 nitrogen and oxygen atoms in total. The maximum atomic E-state index is 13.3. The third-order valence-electron chi connectivity index (χ3n) is 6.70. The summed E-state index contributed by atoms with van der Waals surface area (Å²) in [6, 6.07) is 22.3. The summed E-state index contributed by atoms with van der Waals surface area (Å²) in [6.07, 6.45) is 1.70. The minimum absolute atomic E-state index is 0.109. The van der Waals surface area contributed by atoms with Gasteiger partial charge >= 0.3 is 0 Å². The lowest BCUT2D eigenvalue weighted by Gasteiger charge is -2.34. The molecule has 0 spiro atoms. The molecule has 3 aromatic rings. The number of pyridine rings is 1.